The monoisotopic (exact) mass is 511 g/mol. The van der Waals surface area contributed by atoms with Crippen LogP contribution in [0.15, 0.2) is 35.3 Å². The molecule has 0 spiro atoms. The first kappa shape index (κ1) is 23.7. The molecule has 1 aliphatic rings. The molecule has 160 valence electrons. The summed E-state index contributed by atoms with van der Waals surface area (Å²) in [5, 5.41) is 8.21. The van der Waals surface area contributed by atoms with E-state index in [9.17, 15) is 0 Å². The van der Waals surface area contributed by atoms with Gasteiger partial charge in [-0.1, -0.05) is 30.3 Å². The number of rotatable bonds is 7. The van der Waals surface area contributed by atoms with Gasteiger partial charge < -0.3 is 15.0 Å². The molecule has 29 heavy (non-hydrogen) atoms. The van der Waals surface area contributed by atoms with Crippen LogP contribution in [0.5, 0.6) is 0 Å². The number of halogens is 1. The molecule has 1 N–H and O–H groups in total. The highest BCUT2D eigenvalue weighted by atomic mass is 127. The van der Waals surface area contributed by atoms with Crippen molar-refractivity contribution in [2.75, 3.05) is 33.9 Å². The van der Waals surface area contributed by atoms with Crippen molar-refractivity contribution in [3.05, 3.63) is 52.8 Å². The lowest BCUT2D eigenvalue weighted by Crippen LogP contribution is -2.39. The third kappa shape index (κ3) is 6.18. The Bertz CT molecular complexity index is 790. The number of guanidine groups is 1. The number of ether oxygens (including phenoxy) is 1. The number of aliphatic imine (C=N–C) groups is 1. The van der Waals surface area contributed by atoms with E-state index in [0.717, 1.165) is 44.3 Å². The Morgan fingerprint density at radius 1 is 1.28 bits per heavy atom. The summed E-state index contributed by atoms with van der Waals surface area (Å²) in [5.41, 5.74) is 4.94. The van der Waals surface area contributed by atoms with Gasteiger partial charge in [-0.3, -0.25) is 9.67 Å². The number of aromatic nitrogens is 2. The van der Waals surface area contributed by atoms with E-state index < -0.39 is 0 Å². The van der Waals surface area contributed by atoms with E-state index in [4.69, 9.17) is 4.74 Å². The van der Waals surface area contributed by atoms with Crippen LogP contribution in [-0.4, -0.2) is 54.5 Å². The molecular weight excluding hydrogens is 477 g/mol. The lowest BCUT2D eigenvalue weighted by molar-refractivity contribution is 0.182. The SMILES string of the molecule is CN=C(NCc1c(C)nn(CCOC)c1C)N1CCC(Cc2ccccc2)C1.I. The van der Waals surface area contributed by atoms with E-state index >= 15 is 0 Å². The molecule has 0 bridgehead atoms. The number of nitrogens with zero attached hydrogens (tertiary/aromatic N) is 4. The molecule has 1 atom stereocenters. The predicted molar refractivity (Wildman–Crippen MR) is 129 cm³/mol. The third-order valence-electron chi connectivity index (χ3n) is 5.63. The highest BCUT2D eigenvalue weighted by Crippen LogP contribution is 2.21. The number of hydrogen-bond donors (Lipinski definition) is 1. The molecule has 1 saturated heterocycles. The van der Waals surface area contributed by atoms with Crippen molar-refractivity contribution in [2.45, 2.75) is 39.8 Å². The van der Waals surface area contributed by atoms with Gasteiger partial charge in [0.05, 0.1) is 18.8 Å². The Hall–Kier alpha value is -1.61. The molecule has 0 aliphatic carbocycles. The van der Waals surface area contributed by atoms with Gasteiger partial charge in [0.15, 0.2) is 5.96 Å². The Balaban J connectivity index is 0.00000300. The smallest absolute Gasteiger partial charge is 0.193 e. The number of benzene rings is 1. The molecule has 7 heteroatoms. The normalized spacial score (nSPS) is 16.8. The molecule has 1 aromatic carbocycles. The van der Waals surface area contributed by atoms with E-state index in [0.29, 0.717) is 12.5 Å². The Labute approximate surface area is 191 Å². The fraction of sp³-hybridized carbons (Fsp3) is 0.545. The maximum Gasteiger partial charge on any atom is 0.193 e. The van der Waals surface area contributed by atoms with E-state index in [1.54, 1.807) is 7.11 Å². The Morgan fingerprint density at radius 3 is 2.72 bits per heavy atom. The topological polar surface area (TPSA) is 54.7 Å². The number of methoxy groups -OCH3 is 1. The molecule has 6 nitrogen and oxygen atoms in total. The van der Waals surface area contributed by atoms with Crippen LogP contribution in [0.4, 0.5) is 0 Å². The van der Waals surface area contributed by atoms with Gasteiger partial charge in [-0.25, -0.2) is 0 Å². The van der Waals surface area contributed by atoms with E-state index in [2.05, 4.69) is 64.5 Å². The first-order valence-electron chi connectivity index (χ1n) is 10.1. The van der Waals surface area contributed by atoms with Crippen LogP contribution >= 0.6 is 24.0 Å². The highest BCUT2D eigenvalue weighted by Gasteiger charge is 2.25. The zero-order valence-electron chi connectivity index (χ0n) is 18.0. The summed E-state index contributed by atoms with van der Waals surface area (Å²) >= 11 is 0. The summed E-state index contributed by atoms with van der Waals surface area (Å²) in [4.78, 5) is 6.91. The predicted octanol–water partition coefficient (Wildman–Crippen LogP) is 3.40. The molecule has 2 aromatic rings. The molecule has 2 heterocycles. The first-order chi connectivity index (χ1) is 13.6. The largest absolute Gasteiger partial charge is 0.383 e. The van der Waals surface area contributed by atoms with Gasteiger partial charge in [0.2, 0.25) is 0 Å². The van der Waals surface area contributed by atoms with Gasteiger partial charge in [-0.15, -0.1) is 24.0 Å². The fourth-order valence-corrected chi connectivity index (χ4v) is 4.02. The minimum absolute atomic E-state index is 0. The minimum atomic E-state index is 0. The summed E-state index contributed by atoms with van der Waals surface area (Å²) in [6.45, 7) is 8.51. The van der Waals surface area contributed by atoms with Crippen molar-refractivity contribution < 1.29 is 4.74 Å². The second-order valence-electron chi connectivity index (χ2n) is 7.56. The van der Waals surface area contributed by atoms with Crippen LogP contribution in [-0.2, 0) is 24.2 Å². The second-order valence-corrected chi connectivity index (χ2v) is 7.56. The van der Waals surface area contributed by atoms with Gasteiger partial charge >= 0.3 is 0 Å². The van der Waals surface area contributed by atoms with Crippen LogP contribution < -0.4 is 5.32 Å². The lowest BCUT2D eigenvalue weighted by atomic mass is 9.99. The van der Waals surface area contributed by atoms with Crippen molar-refractivity contribution in [3.63, 3.8) is 0 Å². The molecule has 1 aliphatic heterocycles. The average Bonchev–Trinajstić information content (AvgIpc) is 3.27. The molecular formula is C22H34IN5O. The minimum Gasteiger partial charge on any atom is -0.383 e. The Morgan fingerprint density at radius 2 is 2.03 bits per heavy atom. The highest BCUT2D eigenvalue weighted by molar-refractivity contribution is 14.0. The summed E-state index contributed by atoms with van der Waals surface area (Å²) in [7, 11) is 3.59. The number of aryl methyl sites for hydroxylation is 1. The quantitative estimate of drug-likeness (QED) is 0.352. The van der Waals surface area contributed by atoms with Gasteiger partial charge in [0.25, 0.3) is 0 Å². The van der Waals surface area contributed by atoms with Gasteiger partial charge in [-0.2, -0.15) is 5.10 Å². The average molecular weight is 511 g/mol. The molecule has 1 aromatic heterocycles. The molecule has 0 radical (unpaired) electrons. The number of nitrogens with one attached hydrogen (secondary N) is 1. The summed E-state index contributed by atoms with van der Waals surface area (Å²) in [6.07, 6.45) is 2.35. The molecule has 1 unspecified atom stereocenters. The number of likely N-dealkylation sites (tertiary alicyclic amines) is 1. The van der Waals surface area contributed by atoms with Crippen molar-refractivity contribution in [3.8, 4) is 0 Å². The fourth-order valence-electron chi connectivity index (χ4n) is 4.02. The van der Waals surface area contributed by atoms with Crippen LogP contribution in [0.2, 0.25) is 0 Å². The summed E-state index contributed by atoms with van der Waals surface area (Å²) in [5.74, 6) is 1.67. The van der Waals surface area contributed by atoms with Gasteiger partial charge in [-0.05, 0) is 38.2 Å². The van der Waals surface area contributed by atoms with Gasteiger partial charge in [0.1, 0.15) is 0 Å². The molecule has 1 fully saturated rings. The number of hydrogen-bond acceptors (Lipinski definition) is 3. The Kier molecular flexibility index (Phi) is 9.42. The van der Waals surface area contributed by atoms with Crippen LogP contribution in [0.25, 0.3) is 0 Å². The maximum atomic E-state index is 5.18. The van der Waals surface area contributed by atoms with Crippen LogP contribution in [0, 0.1) is 19.8 Å². The zero-order chi connectivity index (χ0) is 19.9. The molecule has 3 rings (SSSR count). The summed E-state index contributed by atoms with van der Waals surface area (Å²) in [6, 6.07) is 10.8. The molecule has 0 amide bonds. The van der Waals surface area contributed by atoms with Crippen molar-refractivity contribution in [1.82, 2.24) is 20.0 Å². The van der Waals surface area contributed by atoms with E-state index in [1.807, 2.05) is 11.7 Å². The van der Waals surface area contributed by atoms with Crippen molar-refractivity contribution >= 4 is 29.9 Å². The molecule has 0 saturated carbocycles. The van der Waals surface area contributed by atoms with Gasteiger partial charge in [0, 0.05) is 45.0 Å². The van der Waals surface area contributed by atoms with E-state index in [1.165, 1.54) is 23.2 Å². The van der Waals surface area contributed by atoms with Crippen molar-refractivity contribution in [2.24, 2.45) is 10.9 Å². The van der Waals surface area contributed by atoms with Crippen molar-refractivity contribution in [1.29, 1.82) is 0 Å². The van der Waals surface area contributed by atoms with Crippen LogP contribution in [0.1, 0.15) is 28.9 Å². The van der Waals surface area contributed by atoms with Crippen LogP contribution in [0.3, 0.4) is 0 Å². The zero-order valence-corrected chi connectivity index (χ0v) is 20.3. The standard InChI is InChI=1S/C22H33N5O.HI/c1-17-21(18(2)27(25-17)12-13-28-4)15-24-22(23-3)26-11-10-20(16-26)14-19-8-6-5-7-9-19;/h5-9,20H,10-16H2,1-4H3,(H,23,24);1H. The third-order valence-corrected chi connectivity index (χ3v) is 5.63. The second kappa shape index (κ2) is 11.5. The first-order valence-corrected chi connectivity index (χ1v) is 10.1. The summed E-state index contributed by atoms with van der Waals surface area (Å²) < 4.78 is 7.22. The maximum absolute atomic E-state index is 5.18. The van der Waals surface area contributed by atoms with E-state index in [-0.39, 0.29) is 24.0 Å². The lowest BCUT2D eigenvalue weighted by Gasteiger charge is -2.22.